The van der Waals surface area contributed by atoms with E-state index in [2.05, 4.69) is 63.4 Å². The second-order valence-corrected chi connectivity index (χ2v) is 11.0. The molecule has 7 heteroatoms. The van der Waals surface area contributed by atoms with E-state index in [1.54, 1.807) is 0 Å². The van der Waals surface area contributed by atoms with Gasteiger partial charge in [-0.05, 0) is 68.9 Å². The molecule has 4 aromatic rings. The van der Waals surface area contributed by atoms with E-state index >= 15 is 0 Å². The van der Waals surface area contributed by atoms with Crippen LogP contribution in [-0.4, -0.2) is 61.6 Å². The van der Waals surface area contributed by atoms with E-state index in [0.29, 0.717) is 12.0 Å². The van der Waals surface area contributed by atoms with Gasteiger partial charge in [-0.15, -0.1) is 0 Å². The Morgan fingerprint density at radius 1 is 1.03 bits per heavy atom. The van der Waals surface area contributed by atoms with Crippen LogP contribution in [0.3, 0.4) is 0 Å². The molecule has 3 aliphatic rings. The number of hydrogen-bond donors (Lipinski definition) is 0. The summed E-state index contributed by atoms with van der Waals surface area (Å²) < 4.78 is 10.1. The zero-order chi connectivity index (χ0) is 24.2. The standard InChI is InChI=1S/C29H34N6O/c1-19(2)35-28(29-23-14-22(15-24(23)29)33-9-11-36-12-10-33)16-26(32-35)20-13-27-25(31-17-20)6-8-34(27)18-21-5-3-4-7-30-21/h3-8,13,16-17,19,22-24,29H,9-12,14-15,18H2,1-2H3/t22-,23+,24-,29-. The average Bonchev–Trinajstić information content (AvgIpc) is 3.32. The van der Waals surface area contributed by atoms with Crippen LogP contribution in [0.25, 0.3) is 22.3 Å². The second kappa shape index (κ2) is 8.82. The lowest BCUT2D eigenvalue weighted by Crippen LogP contribution is -2.43. The van der Waals surface area contributed by atoms with Crippen molar-refractivity contribution in [1.29, 1.82) is 0 Å². The quantitative estimate of drug-likeness (QED) is 0.397. The van der Waals surface area contributed by atoms with Crippen LogP contribution in [0.4, 0.5) is 0 Å². The van der Waals surface area contributed by atoms with E-state index in [4.69, 9.17) is 14.8 Å². The summed E-state index contributed by atoms with van der Waals surface area (Å²) in [5, 5.41) is 5.11. The van der Waals surface area contributed by atoms with Gasteiger partial charge in [0.05, 0.1) is 42.2 Å². The van der Waals surface area contributed by atoms with Crippen LogP contribution >= 0.6 is 0 Å². The van der Waals surface area contributed by atoms with E-state index in [1.165, 1.54) is 18.5 Å². The predicted octanol–water partition coefficient (Wildman–Crippen LogP) is 4.75. The lowest BCUT2D eigenvalue weighted by Gasteiger charge is -2.33. The average molecular weight is 483 g/mol. The fraction of sp³-hybridized carbons (Fsp3) is 0.483. The van der Waals surface area contributed by atoms with Gasteiger partial charge in [0.1, 0.15) is 0 Å². The summed E-state index contributed by atoms with van der Waals surface area (Å²) in [5.41, 5.74) is 6.70. The van der Waals surface area contributed by atoms with Gasteiger partial charge in [0.25, 0.3) is 0 Å². The molecule has 7 rings (SSSR count). The molecule has 0 spiro atoms. The van der Waals surface area contributed by atoms with Crippen LogP contribution < -0.4 is 0 Å². The van der Waals surface area contributed by atoms with Gasteiger partial charge in [-0.25, -0.2) is 0 Å². The maximum Gasteiger partial charge on any atom is 0.0942 e. The van der Waals surface area contributed by atoms with Crippen molar-refractivity contribution in [1.82, 2.24) is 29.2 Å². The second-order valence-electron chi connectivity index (χ2n) is 11.0. The molecule has 0 N–H and O–H groups in total. The summed E-state index contributed by atoms with van der Waals surface area (Å²) in [6.45, 7) is 9.20. The molecule has 1 saturated heterocycles. The van der Waals surface area contributed by atoms with Crippen LogP contribution in [0.15, 0.2) is 55.0 Å². The molecule has 3 fully saturated rings. The van der Waals surface area contributed by atoms with Gasteiger partial charge in [0.15, 0.2) is 0 Å². The highest BCUT2D eigenvalue weighted by atomic mass is 16.5. The minimum Gasteiger partial charge on any atom is -0.379 e. The monoisotopic (exact) mass is 482 g/mol. The molecule has 0 bridgehead atoms. The molecule has 36 heavy (non-hydrogen) atoms. The molecule has 4 aromatic heterocycles. The Balaban J connectivity index is 1.15. The van der Waals surface area contributed by atoms with Gasteiger partial charge in [0, 0.05) is 60.9 Å². The van der Waals surface area contributed by atoms with Crippen molar-refractivity contribution in [2.24, 2.45) is 11.8 Å². The molecule has 2 aliphatic carbocycles. The third kappa shape index (κ3) is 3.85. The molecule has 4 atom stereocenters. The lowest BCUT2D eigenvalue weighted by atomic mass is 10.0. The number of aromatic nitrogens is 5. The highest BCUT2D eigenvalue weighted by Gasteiger charge is 2.58. The molecule has 0 radical (unpaired) electrons. The Bertz CT molecular complexity index is 1360. The number of fused-ring (bicyclic) bond motifs is 2. The summed E-state index contributed by atoms with van der Waals surface area (Å²) in [4.78, 5) is 11.9. The molecule has 1 aliphatic heterocycles. The molecule has 186 valence electrons. The number of rotatable bonds is 6. The molecule has 0 amide bonds. The molecule has 5 heterocycles. The predicted molar refractivity (Wildman–Crippen MR) is 140 cm³/mol. The maximum absolute atomic E-state index is 5.57. The van der Waals surface area contributed by atoms with E-state index < -0.39 is 0 Å². The van der Waals surface area contributed by atoms with Gasteiger partial charge in [-0.2, -0.15) is 5.10 Å². The van der Waals surface area contributed by atoms with Crippen molar-refractivity contribution in [2.45, 2.75) is 51.2 Å². The van der Waals surface area contributed by atoms with Crippen LogP contribution in [-0.2, 0) is 11.3 Å². The van der Waals surface area contributed by atoms with E-state index in [-0.39, 0.29) is 0 Å². The first-order valence-corrected chi connectivity index (χ1v) is 13.4. The first kappa shape index (κ1) is 22.2. The summed E-state index contributed by atoms with van der Waals surface area (Å²) in [6.07, 6.45) is 8.57. The minimum absolute atomic E-state index is 0.342. The van der Waals surface area contributed by atoms with Crippen molar-refractivity contribution in [3.05, 3.63) is 66.4 Å². The zero-order valence-electron chi connectivity index (χ0n) is 21.1. The smallest absolute Gasteiger partial charge is 0.0942 e. The maximum atomic E-state index is 5.57. The lowest BCUT2D eigenvalue weighted by molar-refractivity contribution is 0.0151. The van der Waals surface area contributed by atoms with Crippen LogP contribution in [0.1, 0.15) is 50.0 Å². The fourth-order valence-electron chi connectivity index (χ4n) is 6.71. The van der Waals surface area contributed by atoms with Gasteiger partial charge >= 0.3 is 0 Å². The van der Waals surface area contributed by atoms with Crippen molar-refractivity contribution in [3.63, 3.8) is 0 Å². The van der Waals surface area contributed by atoms with E-state index in [0.717, 1.165) is 78.7 Å². The Morgan fingerprint density at radius 2 is 1.86 bits per heavy atom. The molecular weight excluding hydrogens is 448 g/mol. The Kier molecular flexibility index (Phi) is 5.44. The van der Waals surface area contributed by atoms with Crippen molar-refractivity contribution in [2.75, 3.05) is 26.3 Å². The van der Waals surface area contributed by atoms with Gasteiger partial charge in [-0.3, -0.25) is 19.5 Å². The molecule has 2 saturated carbocycles. The van der Waals surface area contributed by atoms with E-state index in [9.17, 15) is 0 Å². The van der Waals surface area contributed by atoms with Crippen molar-refractivity contribution < 1.29 is 4.74 Å². The number of nitrogens with zero attached hydrogens (tertiary/aromatic N) is 6. The number of hydrogen-bond acceptors (Lipinski definition) is 5. The SMILES string of the molecule is CC(C)n1nc(-c2cnc3ccn(Cc4ccccn4)c3c2)cc1[C@H]1[C@@H]2C[C@H](N3CCOCC3)C[C@@H]21. The molecular formula is C29H34N6O. The zero-order valence-corrected chi connectivity index (χ0v) is 21.1. The normalized spacial score (nSPS) is 26.1. The van der Waals surface area contributed by atoms with E-state index in [1.807, 2.05) is 24.5 Å². The summed E-state index contributed by atoms with van der Waals surface area (Å²) in [5.74, 6) is 2.25. The number of morpholine rings is 1. The number of ether oxygens (including phenoxy) is 1. The number of pyridine rings is 2. The summed E-state index contributed by atoms with van der Waals surface area (Å²) in [6, 6.07) is 13.8. The van der Waals surface area contributed by atoms with Crippen molar-refractivity contribution in [3.8, 4) is 11.3 Å². The third-order valence-corrected chi connectivity index (χ3v) is 8.55. The largest absolute Gasteiger partial charge is 0.379 e. The minimum atomic E-state index is 0.342. The topological polar surface area (TPSA) is 61.0 Å². The Hall–Kier alpha value is -3.03. The van der Waals surface area contributed by atoms with Crippen LogP contribution in [0, 0.1) is 11.8 Å². The van der Waals surface area contributed by atoms with Crippen LogP contribution in [0.5, 0.6) is 0 Å². The summed E-state index contributed by atoms with van der Waals surface area (Å²) >= 11 is 0. The summed E-state index contributed by atoms with van der Waals surface area (Å²) in [7, 11) is 0. The molecule has 7 nitrogen and oxygen atoms in total. The highest BCUT2D eigenvalue weighted by molar-refractivity contribution is 5.80. The van der Waals surface area contributed by atoms with Gasteiger partial charge in [0.2, 0.25) is 0 Å². The van der Waals surface area contributed by atoms with Crippen LogP contribution in [0.2, 0.25) is 0 Å². The molecule has 0 aromatic carbocycles. The first-order chi connectivity index (χ1) is 17.7. The Morgan fingerprint density at radius 3 is 2.61 bits per heavy atom. The molecule has 0 unspecified atom stereocenters. The fourth-order valence-corrected chi connectivity index (χ4v) is 6.71. The highest BCUT2D eigenvalue weighted by Crippen LogP contribution is 2.64. The Labute approximate surface area is 212 Å². The first-order valence-electron chi connectivity index (χ1n) is 13.4. The van der Waals surface area contributed by atoms with Gasteiger partial charge < -0.3 is 9.30 Å². The third-order valence-electron chi connectivity index (χ3n) is 8.55. The van der Waals surface area contributed by atoms with Crippen molar-refractivity contribution >= 4 is 11.0 Å². The van der Waals surface area contributed by atoms with Gasteiger partial charge in [-0.1, -0.05) is 6.07 Å².